The molecule has 8 rings (SSSR count). The van der Waals surface area contributed by atoms with Crippen molar-refractivity contribution in [3.05, 3.63) is 35.3 Å². The van der Waals surface area contributed by atoms with Crippen molar-refractivity contribution >= 4 is 71.5 Å². The molecule has 3 aliphatic heterocycles. The van der Waals surface area contributed by atoms with Gasteiger partial charge in [-0.2, -0.15) is 4.98 Å². The van der Waals surface area contributed by atoms with Crippen molar-refractivity contribution in [3.8, 4) is 0 Å². The highest BCUT2D eigenvalue weighted by Gasteiger charge is 2.67. The zero-order valence-corrected chi connectivity index (χ0v) is 26.2. The first-order valence-electron chi connectivity index (χ1n) is 13.5. The summed E-state index contributed by atoms with van der Waals surface area (Å²) in [4.78, 5) is 42.3. The minimum absolute atomic E-state index is 0.0113. The average molecular weight is 704 g/mol. The summed E-state index contributed by atoms with van der Waals surface area (Å²) in [6.45, 7) is -8.86. The van der Waals surface area contributed by atoms with Crippen molar-refractivity contribution in [2.75, 3.05) is 18.1 Å². The molecule has 4 fully saturated rings. The smallest absolute Gasteiger partial charge is 0.383 e. The van der Waals surface area contributed by atoms with Gasteiger partial charge in [-0.3, -0.25) is 23.4 Å². The van der Waals surface area contributed by atoms with Crippen molar-refractivity contribution in [3.63, 3.8) is 0 Å². The second-order valence-electron chi connectivity index (χ2n) is 11.0. The van der Waals surface area contributed by atoms with Crippen molar-refractivity contribution in [1.29, 1.82) is 0 Å². The third-order valence-corrected chi connectivity index (χ3v) is 11.4. The van der Waals surface area contributed by atoms with Crippen molar-refractivity contribution in [2.24, 2.45) is 0 Å². The van der Waals surface area contributed by atoms with Crippen LogP contribution in [-0.2, 0) is 43.9 Å². The number of aromatic amines is 1. The molecule has 23 heteroatoms. The summed E-state index contributed by atoms with van der Waals surface area (Å²) >= 11 is 9.48. The number of alkyl halides is 1. The van der Waals surface area contributed by atoms with Crippen LogP contribution in [0.25, 0.3) is 22.2 Å². The molecular formula is C22H24FN9O9P2S2. The highest BCUT2D eigenvalue weighted by molar-refractivity contribution is 8.44. The van der Waals surface area contributed by atoms with Gasteiger partial charge in [-0.05, 0) is 17.9 Å². The fraction of sp³-hybridized carbons (Fsp3) is 0.500. The van der Waals surface area contributed by atoms with Gasteiger partial charge >= 0.3 is 13.5 Å². The van der Waals surface area contributed by atoms with E-state index in [9.17, 15) is 14.3 Å². The molecule has 2 unspecified atom stereocenters. The van der Waals surface area contributed by atoms with Crippen LogP contribution in [-0.4, -0.2) is 81.7 Å². The Morgan fingerprint density at radius 2 is 1.96 bits per heavy atom. The second kappa shape index (κ2) is 10.2. The highest BCUT2D eigenvalue weighted by Crippen LogP contribution is 2.66. The number of fused-ring (bicyclic) bond motifs is 4. The molecule has 3 saturated heterocycles. The van der Waals surface area contributed by atoms with E-state index in [1.165, 1.54) is 28.0 Å². The van der Waals surface area contributed by atoms with E-state index < -0.39 is 74.3 Å². The molecule has 1 saturated carbocycles. The van der Waals surface area contributed by atoms with Crippen LogP contribution in [0.4, 0.5) is 16.2 Å². The van der Waals surface area contributed by atoms with Crippen LogP contribution in [0.1, 0.15) is 25.3 Å². The topological polar surface area (TPSA) is 239 Å². The van der Waals surface area contributed by atoms with Crippen molar-refractivity contribution in [1.82, 2.24) is 34.1 Å². The molecule has 0 aromatic carbocycles. The summed E-state index contributed by atoms with van der Waals surface area (Å²) in [6, 6.07) is 1.60. The molecule has 0 radical (unpaired) electrons. The molecule has 1 aliphatic carbocycles. The molecule has 240 valence electrons. The molecule has 18 nitrogen and oxygen atoms in total. The molecule has 4 aliphatic rings. The van der Waals surface area contributed by atoms with E-state index in [1.807, 2.05) is 0 Å². The molecule has 2 bridgehead atoms. The van der Waals surface area contributed by atoms with Crippen molar-refractivity contribution < 1.29 is 41.4 Å². The minimum Gasteiger partial charge on any atom is -0.383 e. The summed E-state index contributed by atoms with van der Waals surface area (Å²) in [5, 5.41) is 0.465. The van der Waals surface area contributed by atoms with Gasteiger partial charge in [0.25, 0.3) is 5.56 Å². The molecule has 45 heavy (non-hydrogen) atoms. The lowest BCUT2D eigenvalue weighted by Gasteiger charge is -2.27. The van der Waals surface area contributed by atoms with Crippen LogP contribution < -0.4 is 17.0 Å². The molecule has 4 aromatic rings. The molecule has 4 aromatic heterocycles. The summed E-state index contributed by atoms with van der Waals surface area (Å²) in [5.74, 6) is 0.0290. The molecule has 1 spiro atoms. The molecular weight excluding hydrogens is 679 g/mol. The van der Waals surface area contributed by atoms with Gasteiger partial charge in [-0.1, -0.05) is 12.2 Å². The van der Waals surface area contributed by atoms with Crippen LogP contribution in [0.15, 0.2) is 29.7 Å². The van der Waals surface area contributed by atoms with Gasteiger partial charge in [0.05, 0.1) is 18.3 Å². The third kappa shape index (κ3) is 5.01. The van der Waals surface area contributed by atoms with E-state index in [0.29, 0.717) is 5.39 Å². The normalized spacial score (nSPS) is 40.0. The molecule has 7 heterocycles. The van der Waals surface area contributed by atoms with Gasteiger partial charge in [0.2, 0.25) is 5.95 Å². The van der Waals surface area contributed by atoms with E-state index in [1.54, 1.807) is 6.07 Å². The first kappa shape index (κ1) is 29.8. The maximum atomic E-state index is 16.1. The minimum atomic E-state index is -4.26. The monoisotopic (exact) mass is 703 g/mol. The zero-order valence-electron chi connectivity index (χ0n) is 22.7. The number of nitrogens with two attached hydrogens (primary N) is 2. The first-order valence-corrected chi connectivity index (χ1v) is 18.7. The number of ether oxygens (including phenoxy) is 2. The van der Waals surface area contributed by atoms with Gasteiger partial charge in [0.1, 0.15) is 47.8 Å². The number of halogens is 1. The van der Waals surface area contributed by atoms with Crippen LogP contribution in [0, 0.1) is 0 Å². The summed E-state index contributed by atoms with van der Waals surface area (Å²) in [6.07, 6.45) is -4.52. The Balaban J connectivity index is 1.12. The Morgan fingerprint density at radius 3 is 2.78 bits per heavy atom. The fourth-order valence-electron chi connectivity index (χ4n) is 6.07. The number of nitrogens with one attached hydrogen (secondary N) is 1. The number of anilines is 2. The van der Waals surface area contributed by atoms with E-state index in [4.69, 9.17) is 50.8 Å². The fourth-order valence-corrected chi connectivity index (χ4v) is 9.37. The lowest BCUT2D eigenvalue weighted by molar-refractivity contribution is -0.0631. The number of imidazole rings is 1. The Morgan fingerprint density at radius 1 is 1.13 bits per heavy atom. The standard InChI is InChI=1S/C22H24FN9O9P2S2/c23-12-14-10(37-20(12)31-2-1-8-15(24)26-6-27-16(8)31)5-36-42(34,44)39-9-3-22(4-11(22)40-43(35,45)41-14)38-19(9)32-7-28-13-17(32)29-21(25)30-18(13)33/h1-2,6-7,9-12,14,19-20H,3-5H2,(H,34,44)(H,35,45)(H2,24,26,27)(H3,25,29,30,33)/t9-,10-,11+,12+,14-,19-,20-,22+,42?,43?/m1/s1. The SMILES string of the molecule is Nc1nc2c(ncn2[C@@H]2O[C@@]34C[C@@H]3OP(=O)(S)O[C@H]3[C@H](F)[C@H](n5ccc6c(N)ncnc65)O[C@@H]3COP(O)(=S)O[C@@H]2C4)c(=O)[nH]1. The number of aromatic nitrogens is 7. The number of nitrogens with zero attached hydrogens (tertiary/aromatic N) is 6. The number of hydrogen-bond donors (Lipinski definition) is 5. The predicted molar refractivity (Wildman–Crippen MR) is 159 cm³/mol. The van der Waals surface area contributed by atoms with E-state index >= 15 is 4.39 Å². The van der Waals surface area contributed by atoms with E-state index in [2.05, 4.69) is 37.2 Å². The van der Waals surface area contributed by atoms with Crippen LogP contribution in [0.5, 0.6) is 0 Å². The number of hydrogen-bond acceptors (Lipinski definition) is 15. The van der Waals surface area contributed by atoms with Crippen LogP contribution in [0.2, 0.25) is 0 Å². The van der Waals surface area contributed by atoms with Crippen LogP contribution in [0.3, 0.4) is 0 Å². The number of thiol groups is 1. The van der Waals surface area contributed by atoms with E-state index in [-0.39, 0.29) is 41.4 Å². The lowest BCUT2D eigenvalue weighted by atomic mass is 10.1. The highest BCUT2D eigenvalue weighted by atomic mass is 32.7. The summed E-state index contributed by atoms with van der Waals surface area (Å²) in [5.41, 5.74) is 10.4. The number of nitrogen functional groups attached to an aromatic ring is 2. The first-order chi connectivity index (χ1) is 21.3. The van der Waals surface area contributed by atoms with Crippen molar-refractivity contribution in [2.45, 2.75) is 61.5 Å². The Bertz CT molecular complexity index is 2010. The second-order valence-corrected chi connectivity index (χ2v) is 16.6. The Kier molecular flexibility index (Phi) is 6.78. The average Bonchev–Trinajstić information content (AvgIpc) is 3.41. The summed E-state index contributed by atoms with van der Waals surface area (Å²) < 4.78 is 67.8. The maximum absolute atomic E-state index is 16.1. The van der Waals surface area contributed by atoms with Gasteiger partial charge in [0, 0.05) is 19.0 Å². The van der Waals surface area contributed by atoms with E-state index in [0.717, 1.165) is 0 Å². The number of rotatable bonds is 2. The lowest BCUT2D eigenvalue weighted by Crippen LogP contribution is -2.34. The quantitative estimate of drug-likeness (QED) is 0.147. The molecule has 0 amide bonds. The summed E-state index contributed by atoms with van der Waals surface area (Å²) in [7, 11) is 0. The van der Waals surface area contributed by atoms with Gasteiger partial charge in [0.15, 0.2) is 29.8 Å². The molecule has 10 atom stereocenters. The van der Waals surface area contributed by atoms with Crippen LogP contribution >= 0.6 is 25.8 Å². The Labute approximate surface area is 261 Å². The zero-order chi connectivity index (χ0) is 31.5. The van der Waals surface area contributed by atoms with Gasteiger partial charge < -0.3 is 39.4 Å². The predicted octanol–water partition coefficient (Wildman–Crippen LogP) is 1.47. The largest absolute Gasteiger partial charge is 0.386 e. The Hall–Kier alpha value is -2.55. The third-order valence-electron chi connectivity index (χ3n) is 8.17. The maximum Gasteiger partial charge on any atom is 0.386 e. The molecule has 6 N–H and O–H groups in total. The number of H-pyrrole nitrogens is 1. The van der Waals surface area contributed by atoms with Gasteiger partial charge in [-0.25, -0.2) is 23.9 Å². The van der Waals surface area contributed by atoms with Gasteiger partial charge in [-0.15, -0.1) is 0 Å².